The fourth-order valence-corrected chi connectivity index (χ4v) is 2.28. The molecule has 0 aromatic heterocycles. The highest BCUT2D eigenvalue weighted by Gasteiger charge is 2.16. The Bertz CT molecular complexity index is 203. The van der Waals surface area contributed by atoms with Gasteiger partial charge in [-0.2, -0.15) is 0 Å². The zero-order valence-electron chi connectivity index (χ0n) is 11.1. The maximum Gasteiger partial charge on any atom is 0.191 e. The lowest BCUT2D eigenvalue weighted by atomic mass is 10.0. The van der Waals surface area contributed by atoms with Gasteiger partial charge in [0, 0.05) is 19.6 Å². The minimum absolute atomic E-state index is 0.646. The van der Waals surface area contributed by atoms with Gasteiger partial charge in [0.2, 0.25) is 0 Å². The van der Waals surface area contributed by atoms with E-state index in [2.05, 4.69) is 29.5 Å². The second-order valence-electron chi connectivity index (χ2n) is 4.76. The molecule has 0 unspecified atom stereocenters. The van der Waals surface area contributed by atoms with Crippen molar-refractivity contribution in [3.05, 3.63) is 0 Å². The van der Waals surface area contributed by atoms with E-state index in [4.69, 9.17) is 0 Å². The highest BCUT2D eigenvalue weighted by atomic mass is 15.2. The lowest BCUT2D eigenvalue weighted by molar-refractivity contribution is 0.478. The Morgan fingerprint density at radius 3 is 2.38 bits per heavy atom. The van der Waals surface area contributed by atoms with Crippen LogP contribution in [0.25, 0.3) is 0 Å². The predicted octanol–water partition coefficient (Wildman–Crippen LogP) is 2.53. The second kappa shape index (κ2) is 7.53. The normalized spacial score (nSPS) is 18.1. The van der Waals surface area contributed by atoms with Crippen LogP contribution in [-0.4, -0.2) is 25.6 Å². The van der Waals surface area contributed by atoms with Crippen molar-refractivity contribution in [3.8, 4) is 0 Å². The first-order valence-corrected chi connectivity index (χ1v) is 6.77. The van der Waals surface area contributed by atoms with Gasteiger partial charge < -0.3 is 10.6 Å². The minimum Gasteiger partial charge on any atom is -0.356 e. The average Bonchev–Trinajstić information content (AvgIpc) is 2.81. The average molecular weight is 225 g/mol. The highest BCUT2D eigenvalue weighted by Crippen LogP contribution is 2.17. The van der Waals surface area contributed by atoms with Gasteiger partial charge in [-0.25, -0.2) is 0 Å². The van der Waals surface area contributed by atoms with Crippen molar-refractivity contribution in [2.45, 2.75) is 58.4 Å². The van der Waals surface area contributed by atoms with Crippen LogP contribution in [0.2, 0.25) is 0 Å². The van der Waals surface area contributed by atoms with Crippen LogP contribution in [0.1, 0.15) is 52.4 Å². The van der Waals surface area contributed by atoms with Crippen molar-refractivity contribution in [1.82, 2.24) is 10.6 Å². The van der Waals surface area contributed by atoms with E-state index in [1.807, 2.05) is 7.05 Å². The molecular weight excluding hydrogens is 198 g/mol. The zero-order chi connectivity index (χ0) is 11.8. The number of nitrogens with zero attached hydrogens (tertiary/aromatic N) is 1. The van der Waals surface area contributed by atoms with Crippen LogP contribution < -0.4 is 10.6 Å². The van der Waals surface area contributed by atoms with Gasteiger partial charge in [0.1, 0.15) is 0 Å². The molecule has 0 aliphatic heterocycles. The Hall–Kier alpha value is -0.730. The van der Waals surface area contributed by atoms with Crippen LogP contribution in [0.4, 0.5) is 0 Å². The SMILES string of the molecule is CCC(CC)CNC(=NC)NC1CCCC1. The molecule has 0 aromatic carbocycles. The number of hydrogen-bond acceptors (Lipinski definition) is 1. The molecule has 94 valence electrons. The van der Waals surface area contributed by atoms with E-state index in [0.717, 1.165) is 18.4 Å². The molecule has 2 N–H and O–H groups in total. The van der Waals surface area contributed by atoms with E-state index in [1.54, 1.807) is 0 Å². The van der Waals surface area contributed by atoms with Gasteiger partial charge >= 0.3 is 0 Å². The molecule has 1 aliphatic rings. The van der Waals surface area contributed by atoms with Gasteiger partial charge in [0.25, 0.3) is 0 Å². The summed E-state index contributed by atoms with van der Waals surface area (Å²) in [5.74, 6) is 1.75. The van der Waals surface area contributed by atoms with E-state index in [9.17, 15) is 0 Å². The molecule has 0 spiro atoms. The molecule has 3 heteroatoms. The Balaban J connectivity index is 2.26. The van der Waals surface area contributed by atoms with Crippen LogP contribution in [0.15, 0.2) is 4.99 Å². The van der Waals surface area contributed by atoms with Crippen LogP contribution in [0.5, 0.6) is 0 Å². The zero-order valence-corrected chi connectivity index (χ0v) is 11.1. The fraction of sp³-hybridized carbons (Fsp3) is 0.923. The lowest BCUT2D eigenvalue weighted by Gasteiger charge is -2.19. The maximum atomic E-state index is 4.29. The third kappa shape index (κ3) is 4.42. The van der Waals surface area contributed by atoms with Crippen molar-refractivity contribution >= 4 is 5.96 Å². The van der Waals surface area contributed by atoms with E-state index in [-0.39, 0.29) is 0 Å². The van der Waals surface area contributed by atoms with E-state index in [0.29, 0.717) is 6.04 Å². The van der Waals surface area contributed by atoms with Gasteiger partial charge in [-0.1, -0.05) is 39.5 Å². The van der Waals surface area contributed by atoms with E-state index in [1.165, 1.54) is 38.5 Å². The monoisotopic (exact) mass is 225 g/mol. The smallest absolute Gasteiger partial charge is 0.191 e. The standard InChI is InChI=1S/C13H27N3/c1-4-11(5-2)10-15-13(14-3)16-12-8-6-7-9-12/h11-12H,4-10H2,1-3H3,(H2,14,15,16). The third-order valence-corrected chi connectivity index (χ3v) is 3.63. The topological polar surface area (TPSA) is 36.4 Å². The van der Waals surface area contributed by atoms with Crippen molar-refractivity contribution in [1.29, 1.82) is 0 Å². The van der Waals surface area contributed by atoms with Crippen LogP contribution in [-0.2, 0) is 0 Å². The predicted molar refractivity (Wildman–Crippen MR) is 70.8 cm³/mol. The molecule has 16 heavy (non-hydrogen) atoms. The number of nitrogens with one attached hydrogen (secondary N) is 2. The summed E-state index contributed by atoms with van der Waals surface area (Å²) in [5.41, 5.74) is 0. The molecule has 3 nitrogen and oxygen atoms in total. The van der Waals surface area contributed by atoms with Gasteiger partial charge in [-0.05, 0) is 18.8 Å². The quantitative estimate of drug-likeness (QED) is 0.557. The summed E-state index contributed by atoms with van der Waals surface area (Å²) in [6.45, 7) is 5.55. The molecule has 1 aliphatic carbocycles. The van der Waals surface area contributed by atoms with Crippen LogP contribution in [0.3, 0.4) is 0 Å². The Morgan fingerprint density at radius 2 is 1.88 bits per heavy atom. The van der Waals surface area contributed by atoms with Crippen LogP contribution in [0, 0.1) is 5.92 Å². The molecule has 1 rings (SSSR count). The molecule has 0 radical (unpaired) electrons. The second-order valence-corrected chi connectivity index (χ2v) is 4.76. The first kappa shape index (κ1) is 13.3. The Morgan fingerprint density at radius 1 is 1.25 bits per heavy atom. The minimum atomic E-state index is 0.646. The fourth-order valence-electron chi connectivity index (χ4n) is 2.28. The number of aliphatic imine (C=N–C) groups is 1. The molecule has 0 saturated heterocycles. The molecule has 0 atom stereocenters. The summed E-state index contributed by atoms with van der Waals surface area (Å²) in [5, 5.41) is 6.95. The van der Waals surface area contributed by atoms with E-state index < -0.39 is 0 Å². The number of rotatable bonds is 5. The van der Waals surface area contributed by atoms with Gasteiger partial charge in [0.05, 0.1) is 0 Å². The molecule has 0 heterocycles. The van der Waals surface area contributed by atoms with Gasteiger partial charge in [-0.15, -0.1) is 0 Å². The number of guanidine groups is 1. The summed E-state index contributed by atoms with van der Waals surface area (Å²) < 4.78 is 0. The maximum absolute atomic E-state index is 4.29. The molecule has 0 bridgehead atoms. The Labute approximate surface area is 100 Å². The summed E-state index contributed by atoms with van der Waals surface area (Å²) in [7, 11) is 1.86. The van der Waals surface area contributed by atoms with Crippen molar-refractivity contribution < 1.29 is 0 Å². The summed E-state index contributed by atoms with van der Waals surface area (Å²) in [4.78, 5) is 4.29. The van der Waals surface area contributed by atoms with Gasteiger partial charge in [0.15, 0.2) is 5.96 Å². The van der Waals surface area contributed by atoms with Crippen molar-refractivity contribution in [2.75, 3.05) is 13.6 Å². The molecular formula is C13H27N3. The summed E-state index contributed by atoms with van der Waals surface area (Å²) in [6.07, 6.45) is 7.80. The first-order valence-electron chi connectivity index (χ1n) is 6.77. The van der Waals surface area contributed by atoms with Crippen LogP contribution >= 0.6 is 0 Å². The van der Waals surface area contributed by atoms with E-state index >= 15 is 0 Å². The first-order chi connectivity index (χ1) is 7.80. The highest BCUT2D eigenvalue weighted by molar-refractivity contribution is 5.79. The molecule has 0 aromatic rings. The number of hydrogen-bond donors (Lipinski definition) is 2. The van der Waals surface area contributed by atoms with Crippen molar-refractivity contribution in [2.24, 2.45) is 10.9 Å². The molecule has 1 saturated carbocycles. The molecule has 0 amide bonds. The summed E-state index contributed by atoms with van der Waals surface area (Å²) >= 11 is 0. The summed E-state index contributed by atoms with van der Waals surface area (Å²) in [6, 6.07) is 0.646. The Kier molecular flexibility index (Phi) is 6.27. The lowest BCUT2D eigenvalue weighted by Crippen LogP contribution is -2.43. The largest absolute Gasteiger partial charge is 0.356 e. The van der Waals surface area contributed by atoms with Crippen molar-refractivity contribution in [3.63, 3.8) is 0 Å². The van der Waals surface area contributed by atoms with Gasteiger partial charge in [-0.3, -0.25) is 4.99 Å². The third-order valence-electron chi connectivity index (χ3n) is 3.63. The molecule has 1 fully saturated rings.